The van der Waals surface area contributed by atoms with E-state index in [1.54, 1.807) is 17.4 Å². The lowest BCUT2D eigenvalue weighted by Gasteiger charge is -2.28. The predicted molar refractivity (Wildman–Crippen MR) is 118 cm³/mol. The van der Waals surface area contributed by atoms with Gasteiger partial charge in [0.2, 0.25) is 0 Å². The van der Waals surface area contributed by atoms with Crippen LogP contribution in [-0.2, 0) is 19.5 Å². The molecule has 0 atom stereocenters. The number of hydrogen-bond acceptors (Lipinski definition) is 6. The van der Waals surface area contributed by atoms with Gasteiger partial charge in [0.15, 0.2) is 5.82 Å². The first-order chi connectivity index (χ1) is 14.1. The Morgan fingerprint density at radius 3 is 3.03 bits per heavy atom. The normalized spacial score (nSPS) is 14.3. The van der Waals surface area contributed by atoms with Gasteiger partial charge in [0, 0.05) is 47.7 Å². The maximum absolute atomic E-state index is 12.5. The molecule has 3 aromatic heterocycles. The summed E-state index contributed by atoms with van der Waals surface area (Å²) in [5, 5.41) is 3.21. The molecule has 29 heavy (non-hydrogen) atoms. The van der Waals surface area contributed by atoms with Gasteiger partial charge in [-0.05, 0) is 29.6 Å². The fraction of sp³-hybridized carbons (Fsp3) is 0.190. The third-order valence-corrected chi connectivity index (χ3v) is 6.82. The molecule has 4 aromatic rings. The first-order valence-corrected chi connectivity index (χ1v) is 11.2. The summed E-state index contributed by atoms with van der Waals surface area (Å²) in [6.07, 6.45) is 2.70. The van der Waals surface area contributed by atoms with Crippen LogP contribution in [0.3, 0.4) is 0 Å². The van der Waals surface area contributed by atoms with E-state index in [9.17, 15) is 4.79 Å². The summed E-state index contributed by atoms with van der Waals surface area (Å²) >= 11 is 11.7. The van der Waals surface area contributed by atoms with Crippen LogP contribution in [0.1, 0.15) is 16.8 Å². The molecular weight excluding hydrogens is 474 g/mol. The number of thiophene rings is 1. The number of rotatable bonds is 3. The van der Waals surface area contributed by atoms with E-state index >= 15 is 0 Å². The average Bonchev–Trinajstić information content (AvgIpc) is 3.26. The van der Waals surface area contributed by atoms with Crippen LogP contribution in [0.15, 0.2) is 55.6 Å². The van der Waals surface area contributed by atoms with Crippen LogP contribution in [0, 0.1) is 0 Å². The zero-order valence-electron chi connectivity index (χ0n) is 15.2. The van der Waals surface area contributed by atoms with Crippen molar-refractivity contribution >= 4 is 49.8 Å². The molecule has 0 saturated heterocycles. The Hall–Kier alpha value is -2.06. The van der Waals surface area contributed by atoms with Gasteiger partial charge in [0.25, 0.3) is 0 Å². The summed E-state index contributed by atoms with van der Waals surface area (Å²) in [4.78, 5) is 25.0. The molecule has 0 aliphatic carbocycles. The molecule has 0 saturated carbocycles. The number of halogens is 2. The number of hydrogen-bond donors (Lipinski definition) is 0. The second-order valence-corrected chi connectivity index (χ2v) is 9.17. The molecule has 0 spiro atoms. The van der Waals surface area contributed by atoms with E-state index in [0.717, 1.165) is 44.8 Å². The minimum Gasteiger partial charge on any atom is -0.422 e. The standard InChI is InChI=1S/C21H15BrClN3O2S/c22-13-3-4-17-14(8-13)19(23)15(21(27)28-17)11-26-6-5-16-12(10-26)9-24-20(25-16)18-2-1-7-29-18/h1-4,7-9H,5-6,10-11H2. The highest BCUT2D eigenvalue weighted by atomic mass is 79.9. The topological polar surface area (TPSA) is 59.2 Å². The van der Waals surface area contributed by atoms with Crippen molar-refractivity contribution in [2.75, 3.05) is 6.54 Å². The molecule has 5 rings (SSSR count). The highest BCUT2D eigenvalue weighted by Crippen LogP contribution is 2.30. The zero-order chi connectivity index (χ0) is 20.0. The Morgan fingerprint density at radius 1 is 1.31 bits per heavy atom. The smallest absolute Gasteiger partial charge is 0.342 e. The van der Waals surface area contributed by atoms with E-state index in [-0.39, 0.29) is 5.63 Å². The average molecular weight is 489 g/mol. The quantitative estimate of drug-likeness (QED) is 0.367. The number of benzene rings is 1. The van der Waals surface area contributed by atoms with Crippen molar-refractivity contribution in [1.82, 2.24) is 14.9 Å². The molecule has 0 amide bonds. The predicted octanol–water partition coefficient (Wildman–Crippen LogP) is 5.29. The van der Waals surface area contributed by atoms with E-state index in [1.807, 2.05) is 35.8 Å². The third kappa shape index (κ3) is 3.64. The van der Waals surface area contributed by atoms with Crippen LogP contribution in [0.25, 0.3) is 21.7 Å². The summed E-state index contributed by atoms with van der Waals surface area (Å²) < 4.78 is 6.37. The van der Waals surface area contributed by atoms with E-state index in [0.29, 0.717) is 29.3 Å². The lowest BCUT2D eigenvalue weighted by molar-refractivity contribution is 0.240. The SMILES string of the molecule is O=c1oc2ccc(Br)cc2c(Cl)c1CN1CCc2nc(-c3cccs3)ncc2C1. The van der Waals surface area contributed by atoms with Gasteiger partial charge in [-0.25, -0.2) is 14.8 Å². The summed E-state index contributed by atoms with van der Waals surface area (Å²) in [5.41, 5.74) is 2.74. The summed E-state index contributed by atoms with van der Waals surface area (Å²) in [5.74, 6) is 0.774. The first kappa shape index (κ1) is 18.9. The fourth-order valence-corrected chi connectivity index (χ4v) is 4.88. The highest BCUT2D eigenvalue weighted by Gasteiger charge is 2.22. The van der Waals surface area contributed by atoms with Crippen molar-refractivity contribution in [3.8, 4) is 10.7 Å². The van der Waals surface area contributed by atoms with E-state index < -0.39 is 0 Å². The maximum atomic E-state index is 12.5. The Labute approximate surface area is 184 Å². The molecule has 1 aliphatic heterocycles. The second-order valence-electron chi connectivity index (χ2n) is 6.93. The van der Waals surface area contributed by atoms with Crippen molar-refractivity contribution in [3.63, 3.8) is 0 Å². The molecule has 4 heterocycles. The summed E-state index contributed by atoms with van der Waals surface area (Å²) in [6.45, 7) is 1.89. The van der Waals surface area contributed by atoms with Gasteiger partial charge in [0.05, 0.1) is 21.2 Å². The number of fused-ring (bicyclic) bond motifs is 2. The highest BCUT2D eigenvalue weighted by molar-refractivity contribution is 9.10. The molecule has 146 valence electrons. The molecule has 5 nitrogen and oxygen atoms in total. The maximum Gasteiger partial charge on any atom is 0.342 e. The van der Waals surface area contributed by atoms with Gasteiger partial charge in [-0.3, -0.25) is 4.90 Å². The largest absolute Gasteiger partial charge is 0.422 e. The molecule has 0 bridgehead atoms. The summed E-state index contributed by atoms with van der Waals surface area (Å²) in [6, 6.07) is 9.47. The van der Waals surface area contributed by atoms with E-state index in [1.165, 1.54) is 0 Å². The van der Waals surface area contributed by atoms with Crippen LogP contribution in [0.2, 0.25) is 5.02 Å². The van der Waals surface area contributed by atoms with E-state index in [2.05, 4.69) is 25.8 Å². The second kappa shape index (κ2) is 7.65. The Bertz CT molecular complexity index is 1270. The first-order valence-electron chi connectivity index (χ1n) is 9.10. The van der Waals surface area contributed by atoms with Gasteiger partial charge >= 0.3 is 5.63 Å². The molecule has 8 heteroatoms. The Balaban J connectivity index is 1.42. The van der Waals surface area contributed by atoms with Crippen molar-refractivity contribution in [3.05, 3.63) is 78.6 Å². The molecule has 0 fully saturated rings. The van der Waals surface area contributed by atoms with Gasteiger partial charge in [-0.2, -0.15) is 0 Å². The molecule has 0 unspecified atom stereocenters. The Kier molecular flexibility index (Phi) is 4.99. The Morgan fingerprint density at radius 2 is 2.21 bits per heavy atom. The third-order valence-electron chi connectivity index (χ3n) is 5.03. The van der Waals surface area contributed by atoms with Crippen molar-refractivity contribution in [1.29, 1.82) is 0 Å². The molecule has 0 N–H and O–H groups in total. The van der Waals surface area contributed by atoms with Crippen LogP contribution >= 0.6 is 38.9 Å². The summed E-state index contributed by atoms with van der Waals surface area (Å²) in [7, 11) is 0. The molecule has 0 radical (unpaired) electrons. The minimum absolute atomic E-state index is 0.389. The van der Waals surface area contributed by atoms with E-state index in [4.69, 9.17) is 21.0 Å². The lowest BCUT2D eigenvalue weighted by atomic mass is 10.1. The minimum atomic E-state index is -0.389. The van der Waals surface area contributed by atoms with Gasteiger partial charge in [0.1, 0.15) is 5.58 Å². The lowest BCUT2D eigenvalue weighted by Crippen LogP contribution is -2.32. The van der Waals surface area contributed by atoms with Crippen molar-refractivity contribution in [2.45, 2.75) is 19.5 Å². The van der Waals surface area contributed by atoms with Gasteiger partial charge < -0.3 is 4.42 Å². The van der Waals surface area contributed by atoms with Crippen LogP contribution in [0.5, 0.6) is 0 Å². The number of aromatic nitrogens is 2. The molecule has 1 aliphatic rings. The van der Waals surface area contributed by atoms with Crippen LogP contribution < -0.4 is 5.63 Å². The van der Waals surface area contributed by atoms with Crippen molar-refractivity contribution < 1.29 is 4.42 Å². The van der Waals surface area contributed by atoms with Crippen LogP contribution in [0.4, 0.5) is 0 Å². The monoisotopic (exact) mass is 487 g/mol. The molecule has 1 aromatic carbocycles. The zero-order valence-corrected chi connectivity index (χ0v) is 18.4. The number of nitrogens with zero attached hydrogens (tertiary/aromatic N) is 3. The van der Waals surface area contributed by atoms with Gasteiger partial charge in [-0.1, -0.05) is 33.6 Å². The van der Waals surface area contributed by atoms with Crippen molar-refractivity contribution in [2.24, 2.45) is 0 Å². The fourth-order valence-electron chi connectivity index (χ4n) is 3.57. The van der Waals surface area contributed by atoms with Gasteiger partial charge in [-0.15, -0.1) is 11.3 Å². The molecular formula is C21H15BrClN3O2S. The van der Waals surface area contributed by atoms with Crippen LogP contribution in [-0.4, -0.2) is 21.4 Å².